The van der Waals surface area contributed by atoms with Crippen molar-refractivity contribution in [1.29, 1.82) is 0 Å². The van der Waals surface area contributed by atoms with Crippen molar-refractivity contribution in [1.82, 2.24) is 0 Å². The minimum atomic E-state index is -3.50. The van der Waals surface area contributed by atoms with Gasteiger partial charge in [-0.2, -0.15) is 8.42 Å². The number of rotatable bonds is 19. The number of allylic oxidation sites excluding steroid dienone is 1. The molecule has 0 N–H and O–H groups in total. The van der Waals surface area contributed by atoms with Gasteiger partial charge < -0.3 is 0 Å². The first-order valence-corrected chi connectivity index (χ1v) is 15.8. The fourth-order valence-corrected chi connectivity index (χ4v) is 6.12. The van der Waals surface area contributed by atoms with Crippen molar-refractivity contribution in [3.63, 3.8) is 0 Å². The molecule has 0 saturated heterocycles. The van der Waals surface area contributed by atoms with Gasteiger partial charge in [-0.25, -0.2) is 0 Å². The van der Waals surface area contributed by atoms with Crippen molar-refractivity contribution < 1.29 is 12.6 Å². The normalized spacial score (nSPS) is 12.4. The second-order valence-corrected chi connectivity index (χ2v) is 12.0. The Labute approximate surface area is 231 Å². The van der Waals surface area contributed by atoms with Crippen LogP contribution in [0.2, 0.25) is 0 Å². The highest BCUT2D eigenvalue weighted by Gasteiger charge is 2.15. The van der Waals surface area contributed by atoms with E-state index >= 15 is 0 Å². The smallest absolute Gasteiger partial charge is 0.265 e. The lowest BCUT2D eigenvalue weighted by molar-refractivity contribution is 0.306. The summed E-state index contributed by atoms with van der Waals surface area (Å²) in [7, 11) is -3.50. The maximum Gasteiger partial charge on any atom is 0.267 e. The van der Waals surface area contributed by atoms with Gasteiger partial charge in [0, 0.05) is 5.92 Å². The summed E-state index contributed by atoms with van der Waals surface area (Å²) >= 11 is 0. The second-order valence-electron chi connectivity index (χ2n) is 10.3. The van der Waals surface area contributed by atoms with Crippen LogP contribution in [-0.2, 0) is 20.9 Å². The molecule has 1 unspecified atom stereocenters. The van der Waals surface area contributed by atoms with Gasteiger partial charge in [-0.3, -0.25) is 4.18 Å². The van der Waals surface area contributed by atoms with E-state index in [1.54, 1.807) is 0 Å². The molecule has 3 aromatic rings. The van der Waals surface area contributed by atoms with Crippen LogP contribution >= 0.6 is 0 Å². The number of hydrogen-bond acceptors (Lipinski definition) is 3. The van der Waals surface area contributed by atoms with E-state index in [-0.39, 0.29) is 12.4 Å². The van der Waals surface area contributed by atoms with Gasteiger partial charge in [-0.05, 0) is 48.3 Å². The highest BCUT2D eigenvalue weighted by molar-refractivity contribution is 7.86. The lowest BCUT2D eigenvalue weighted by Crippen LogP contribution is -2.12. The van der Waals surface area contributed by atoms with Crippen LogP contribution in [0.3, 0.4) is 0 Å². The van der Waals surface area contributed by atoms with Crippen molar-refractivity contribution in [2.24, 2.45) is 5.92 Å². The molecule has 0 aliphatic heterocycles. The third-order valence-electron chi connectivity index (χ3n) is 7.26. The first-order chi connectivity index (χ1) is 18.6. The summed E-state index contributed by atoms with van der Waals surface area (Å²) in [5.41, 5.74) is 3.67. The van der Waals surface area contributed by atoms with Gasteiger partial charge in [0.25, 0.3) is 10.1 Å². The van der Waals surface area contributed by atoms with Crippen molar-refractivity contribution in [3.8, 4) is 0 Å². The van der Waals surface area contributed by atoms with Gasteiger partial charge in [0.15, 0.2) is 0 Å². The van der Waals surface area contributed by atoms with Crippen LogP contribution in [0.15, 0.2) is 104 Å². The zero-order chi connectivity index (χ0) is 26.9. The quantitative estimate of drug-likeness (QED) is 0.0878. The molecule has 0 amide bonds. The van der Waals surface area contributed by atoms with Gasteiger partial charge in [0.05, 0.1) is 12.4 Å². The maximum absolute atomic E-state index is 12.3. The Balaban J connectivity index is 1.32. The SMILES string of the molecule is C=CCC(CCCCCCCC(c1ccccc1)c1ccccc1)CCCS(=O)(=O)OCc1ccccc1. The van der Waals surface area contributed by atoms with Crippen LogP contribution in [0.25, 0.3) is 0 Å². The molecule has 0 aliphatic rings. The zero-order valence-electron chi connectivity index (χ0n) is 22.7. The Hall–Kier alpha value is -2.69. The van der Waals surface area contributed by atoms with E-state index in [9.17, 15) is 8.42 Å². The summed E-state index contributed by atoms with van der Waals surface area (Å²) < 4.78 is 29.8. The molecule has 0 aliphatic carbocycles. The van der Waals surface area contributed by atoms with Gasteiger partial charge >= 0.3 is 0 Å². The molecule has 3 aromatic carbocycles. The number of benzene rings is 3. The summed E-state index contributed by atoms with van der Waals surface area (Å²) in [6.45, 7) is 4.02. The monoisotopic (exact) mass is 532 g/mol. The van der Waals surface area contributed by atoms with Crippen molar-refractivity contribution >= 4 is 10.1 Å². The van der Waals surface area contributed by atoms with E-state index in [0.29, 0.717) is 18.3 Å². The summed E-state index contributed by atoms with van der Waals surface area (Å²) in [6.07, 6.45) is 12.9. The molecule has 3 nitrogen and oxygen atoms in total. The lowest BCUT2D eigenvalue weighted by Gasteiger charge is -2.18. The Bertz CT molecular complexity index is 1090. The Morgan fingerprint density at radius 1 is 0.658 bits per heavy atom. The molecule has 0 fully saturated rings. The minimum Gasteiger partial charge on any atom is -0.265 e. The molecular weight excluding hydrogens is 488 g/mol. The van der Waals surface area contributed by atoms with Crippen molar-refractivity contribution in [2.45, 2.75) is 76.7 Å². The van der Waals surface area contributed by atoms with Gasteiger partial charge in [-0.15, -0.1) is 6.58 Å². The predicted octanol–water partition coefficient (Wildman–Crippen LogP) is 9.07. The van der Waals surface area contributed by atoms with Crippen LogP contribution in [0.4, 0.5) is 0 Å². The molecular formula is C34H44O3S. The van der Waals surface area contributed by atoms with E-state index in [1.807, 2.05) is 36.4 Å². The van der Waals surface area contributed by atoms with Crippen LogP contribution in [0.5, 0.6) is 0 Å². The fraction of sp³-hybridized carbons (Fsp3) is 0.412. The van der Waals surface area contributed by atoms with Gasteiger partial charge in [0.2, 0.25) is 0 Å². The highest BCUT2D eigenvalue weighted by atomic mass is 32.2. The summed E-state index contributed by atoms with van der Waals surface area (Å²) in [6, 6.07) is 31.1. The molecule has 0 aromatic heterocycles. The molecule has 204 valence electrons. The molecule has 0 heterocycles. The lowest BCUT2D eigenvalue weighted by atomic mass is 9.86. The molecule has 0 radical (unpaired) electrons. The average molecular weight is 533 g/mol. The average Bonchev–Trinajstić information content (AvgIpc) is 2.95. The van der Waals surface area contributed by atoms with Gasteiger partial charge in [0.1, 0.15) is 0 Å². The molecule has 0 saturated carbocycles. The molecule has 38 heavy (non-hydrogen) atoms. The number of unbranched alkanes of at least 4 members (excludes halogenated alkanes) is 4. The van der Waals surface area contributed by atoms with Gasteiger partial charge in [-0.1, -0.05) is 136 Å². The molecule has 0 bridgehead atoms. The first kappa shape index (κ1) is 29.9. The summed E-state index contributed by atoms with van der Waals surface area (Å²) in [4.78, 5) is 0. The largest absolute Gasteiger partial charge is 0.267 e. The first-order valence-electron chi connectivity index (χ1n) is 14.2. The van der Waals surface area contributed by atoms with E-state index in [0.717, 1.165) is 24.8 Å². The fourth-order valence-electron chi connectivity index (χ4n) is 5.16. The molecule has 0 spiro atoms. The molecule has 1 atom stereocenters. The number of hydrogen-bond donors (Lipinski definition) is 0. The van der Waals surface area contributed by atoms with E-state index in [1.165, 1.54) is 49.7 Å². The Kier molecular flexibility index (Phi) is 13.4. The Morgan fingerprint density at radius 2 is 1.16 bits per heavy atom. The summed E-state index contributed by atoms with van der Waals surface area (Å²) in [5.74, 6) is 1.04. The molecule has 3 rings (SSSR count). The van der Waals surface area contributed by atoms with E-state index < -0.39 is 10.1 Å². The van der Waals surface area contributed by atoms with Crippen molar-refractivity contribution in [3.05, 3.63) is 120 Å². The van der Waals surface area contributed by atoms with Crippen LogP contribution in [0.1, 0.15) is 86.8 Å². The van der Waals surface area contributed by atoms with Crippen LogP contribution < -0.4 is 0 Å². The predicted molar refractivity (Wildman–Crippen MR) is 160 cm³/mol. The molecule has 4 heteroatoms. The third kappa shape index (κ3) is 11.4. The van der Waals surface area contributed by atoms with Crippen LogP contribution in [-0.4, -0.2) is 14.2 Å². The third-order valence-corrected chi connectivity index (χ3v) is 8.53. The van der Waals surface area contributed by atoms with E-state index in [2.05, 4.69) is 67.2 Å². The second kappa shape index (κ2) is 17.0. The maximum atomic E-state index is 12.3. The summed E-state index contributed by atoms with van der Waals surface area (Å²) in [5, 5.41) is 0. The highest BCUT2D eigenvalue weighted by Crippen LogP contribution is 2.30. The Morgan fingerprint density at radius 3 is 1.74 bits per heavy atom. The topological polar surface area (TPSA) is 43.4 Å². The zero-order valence-corrected chi connectivity index (χ0v) is 23.5. The minimum absolute atomic E-state index is 0.0808. The van der Waals surface area contributed by atoms with E-state index in [4.69, 9.17) is 4.18 Å². The van der Waals surface area contributed by atoms with Crippen molar-refractivity contribution in [2.75, 3.05) is 5.75 Å². The van der Waals surface area contributed by atoms with Crippen LogP contribution in [0, 0.1) is 5.92 Å². The standard InChI is InChI=1S/C34H44O3S/c1-2-18-30(22-17-28-38(35,36)37-29-31-20-10-6-11-21-31)19-9-4-3-5-16-27-34(32-23-12-7-13-24-32)33-25-14-8-15-26-33/h2,6-8,10-15,20-21,23-26,30,34H,1,3-5,9,16-19,22,27-29H2.